The van der Waals surface area contributed by atoms with E-state index in [-0.39, 0.29) is 0 Å². The molecule has 0 unspecified atom stereocenters. The second kappa shape index (κ2) is 6.02. The van der Waals surface area contributed by atoms with Crippen LogP contribution in [0.15, 0.2) is 40.9 Å². The Morgan fingerprint density at radius 1 is 1.12 bits per heavy atom. The van der Waals surface area contributed by atoms with Crippen molar-refractivity contribution in [3.8, 4) is 11.3 Å². The van der Waals surface area contributed by atoms with E-state index in [1.807, 2.05) is 36.4 Å². The van der Waals surface area contributed by atoms with Crippen LogP contribution >= 0.6 is 28.6 Å². The van der Waals surface area contributed by atoms with E-state index >= 15 is 0 Å². The maximum absolute atomic E-state index is 4.20. The molecule has 0 fully saturated rings. The van der Waals surface area contributed by atoms with Gasteiger partial charge in [-0.25, -0.2) is 0 Å². The number of aromatic nitrogens is 2. The van der Waals surface area contributed by atoms with Crippen molar-refractivity contribution in [3.05, 3.63) is 40.9 Å². The van der Waals surface area contributed by atoms with Crippen molar-refractivity contribution in [3.63, 3.8) is 0 Å². The summed E-state index contributed by atoms with van der Waals surface area (Å²) in [6.07, 6.45) is 0. The maximum atomic E-state index is 4.20. The molecule has 0 saturated heterocycles. The fourth-order valence-corrected chi connectivity index (χ4v) is 2.02. The largest absolute Gasteiger partial charge is 0.368 e. The molecule has 0 aliphatic carbocycles. The number of nitrogens with one attached hydrogen (secondary N) is 1. The number of anilines is 1. The minimum Gasteiger partial charge on any atom is -0.368 e. The molecule has 1 N–H and O–H groups in total. The van der Waals surface area contributed by atoms with Gasteiger partial charge in [-0.2, -0.15) is 12.6 Å². The highest BCUT2D eigenvalue weighted by molar-refractivity contribution is 9.10. The van der Waals surface area contributed by atoms with Gasteiger partial charge in [-0.1, -0.05) is 34.1 Å². The van der Waals surface area contributed by atoms with E-state index in [1.54, 1.807) is 0 Å². The van der Waals surface area contributed by atoms with Crippen molar-refractivity contribution in [2.24, 2.45) is 0 Å². The first-order valence-corrected chi connectivity index (χ1v) is 6.67. The van der Waals surface area contributed by atoms with Gasteiger partial charge in [0.25, 0.3) is 0 Å². The van der Waals surface area contributed by atoms with E-state index in [9.17, 15) is 0 Å². The molecule has 0 aliphatic heterocycles. The second-order valence-electron chi connectivity index (χ2n) is 3.43. The number of nitrogens with zero attached hydrogens (tertiary/aromatic N) is 2. The van der Waals surface area contributed by atoms with E-state index in [0.29, 0.717) is 0 Å². The topological polar surface area (TPSA) is 37.8 Å². The average Bonchev–Trinajstić information content (AvgIpc) is 2.38. The van der Waals surface area contributed by atoms with Gasteiger partial charge in [0.15, 0.2) is 0 Å². The second-order valence-corrected chi connectivity index (χ2v) is 4.74. The molecule has 0 bridgehead atoms. The SMILES string of the molecule is SCCNc1ccc(-c2ccccc2Br)nn1. The van der Waals surface area contributed by atoms with E-state index in [0.717, 1.165) is 33.8 Å². The van der Waals surface area contributed by atoms with E-state index in [4.69, 9.17) is 0 Å². The Hall–Kier alpha value is -1.07. The molecule has 0 atom stereocenters. The van der Waals surface area contributed by atoms with Gasteiger partial charge >= 0.3 is 0 Å². The van der Waals surface area contributed by atoms with Crippen LogP contribution < -0.4 is 5.32 Å². The first kappa shape index (κ1) is 12.4. The van der Waals surface area contributed by atoms with Gasteiger partial charge in [-0.05, 0) is 18.2 Å². The molecule has 0 aliphatic rings. The number of halogens is 1. The maximum Gasteiger partial charge on any atom is 0.148 e. The van der Waals surface area contributed by atoms with Crippen LogP contribution in [0.1, 0.15) is 0 Å². The van der Waals surface area contributed by atoms with Gasteiger partial charge < -0.3 is 5.32 Å². The van der Waals surface area contributed by atoms with Gasteiger partial charge in [0.2, 0.25) is 0 Å². The molecule has 3 nitrogen and oxygen atoms in total. The van der Waals surface area contributed by atoms with Crippen LogP contribution in [0, 0.1) is 0 Å². The molecule has 2 rings (SSSR count). The molecule has 0 amide bonds. The summed E-state index contributed by atoms with van der Waals surface area (Å²) >= 11 is 7.62. The zero-order chi connectivity index (χ0) is 12.1. The van der Waals surface area contributed by atoms with Crippen LogP contribution in [0.5, 0.6) is 0 Å². The first-order valence-electron chi connectivity index (χ1n) is 5.24. The summed E-state index contributed by atoms with van der Waals surface area (Å²) in [6.45, 7) is 0.784. The fourth-order valence-electron chi connectivity index (χ4n) is 1.42. The predicted molar refractivity (Wildman–Crippen MR) is 77.5 cm³/mol. The molecule has 1 aromatic carbocycles. The lowest BCUT2D eigenvalue weighted by Crippen LogP contribution is -2.05. The van der Waals surface area contributed by atoms with Crippen LogP contribution in [-0.2, 0) is 0 Å². The lowest BCUT2D eigenvalue weighted by molar-refractivity contribution is 1.02. The summed E-state index contributed by atoms with van der Waals surface area (Å²) < 4.78 is 1.02. The van der Waals surface area contributed by atoms with Crippen molar-refractivity contribution in [1.29, 1.82) is 0 Å². The van der Waals surface area contributed by atoms with Gasteiger partial charge in [0.1, 0.15) is 5.82 Å². The summed E-state index contributed by atoms with van der Waals surface area (Å²) in [6, 6.07) is 11.8. The standard InChI is InChI=1S/C12H12BrN3S/c13-10-4-2-1-3-9(10)11-5-6-12(16-15-11)14-7-8-17/h1-6,17H,7-8H2,(H,14,16). The molecule has 1 aromatic heterocycles. The number of benzene rings is 1. The molecular weight excluding hydrogens is 298 g/mol. The van der Waals surface area contributed by atoms with E-state index in [2.05, 4.69) is 44.1 Å². The van der Waals surface area contributed by atoms with Crippen molar-refractivity contribution >= 4 is 34.4 Å². The third-order valence-corrected chi connectivity index (χ3v) is 3.15. The zero-order valence-electron chi connectivity index (χ0n) is 9.10. The molecule has 0 radical (unpaired) electrons. The predicted octanol–water partition coefficient (Wildman–Crippen LogP) is 3.25. The van der Waals surface area contributed by atoms with Crippen LogP contribution in [-0.4, -0.2) is 22.5 Å². The van der Waals surface area contributed by atoms with Crippen LogP contribution in [0.25, 0.3) is 11.3 Å². The van der Waals surface area contributed by atoms with E-state index in [1.165, 1.54) is 0 Å². The normalized spacial score (nSPS) is 10.2. The van der Waals surface area contributed by atoms with Crippen molar-refractivity contribution < 1.29 is 0 Å². The quantitative estimate of drug-likeness (QED) is 0.851. The van der Waals surface area contributed by atoms with Crippen LogP contribution in [0.3, 0.4) is 0 Å². The smallest absolute Gasteiger partial charge is 0.148 e. The number of hydrogen-bond donors (Lipinski definition) is 2. The highest BCUT2D eigenvalue weighted by atomic mass is 79.9. The minimum atomic E-state index is 0.771. The van der Waals surface area contributed by atoms with Crippen molar-refractivity contribution in [1.82, 2.24) is 10.2 Å². The Morgan fingerprint density at radius 3 is 2.59 bits per heavy atom. The summed E-state index contributed by atoms with van der Waals surface area (Å²) in [5.41, 5.74) is 1.90. The lowest BCUT2D eigenvalue weighted by Gasteiger charge is -2.05. The Labute approximate surface area is 114 Å². The Bertz CT molecular complexity index is 487. The molecule has 88 valence electrons. The molecule has 17 heavy (non-hydrogen) atoms. The highest BCUT2D eigenvalue weighted by Gasteiger charge is 2.04. The summed E-state index contributed by atoms with van der Waals surface area (Å²) in [4.78, 5) is 0. The monoisotopic (exact) mass is 309 g/mol. The Balaban J connectivity index is 2.21. The highest BCUT2D eigenvalue weighted by Crippen LogP contribution is 2.25. The molecule has 2 aromatic rings. The van der Waals surface area contributed by atoms with Gasteiger partial charge in [-0.3, -0.25) is 0 Å². The van der Waals surface area contributed by atoms with Crippen molar-refractivity contribution in [2.45, 2.75) is 0 Å². The summed E-state index contributed by atoms with van der Waals surface area (Å²) in [7, 11) is 0. The molecule has 0 spiro atoms. The zero-order valence-corrected chi connectivity index (χ0v) is 11.6. The third kappa shape index (κ3) is 3.20. The molecule has 0 saturated carbocycles. The van der Waals surface area contributed by atoms with E-state index < -0.39 is 0 Å². The molecular formula is C12H12BrN3S. The average molecular weight is 310 g/mol. The van der Waals surface area contributed by atoms with Crippen LogP contribution in [0.2, 0.25) is 0 Å². The summed E-state index contributed by atoms with van der Waals surface area (Å²) in [5.74, 6) is 1.54. The molecule has 5 heteroatoms. The Kier molecular flexibility index (Phi) is 4.39. The molecule has 1 heterocycles. The number of hydrogen-bond acceptors (Lipinski definition) is 4. The van der Waals surface area contributed by atoms with Crippen molar-refractivity contribution in [2.75, 3.05) is 17.6 Å². The van der Waals surface area contributed by atoms with Gasteiger partial charge in [-0.15, -0.1) is 10.2 Å². The lowest BCUT2D eigenvalue weighted by atomic mass is 10.1. The van der Waals surface area contributed by atoms with Crippen LogP contribution in [0.4, 0.5) is 5.82 Å². The van der Waals surface area contributed by atoms with Gasteiger partial charge in [0.05, 0.1) is 5.69 Å². The fraction of sp³-hybridized carbons (Fsp3) is 0.167. The number of thiol groups is 1. The summed E-state index contributed by atoms with van der Waals surface area (Å²) in [5, 5.41) is 11.4. The Morgan fingerprint density at radius 2 is 1.94 bits per heavy atom. The number of rotatable bonds is 4. The third-order valence-electron chi connectivity index (χ3n) is 2.23. The first-order chi connectivity index (χ1) is 8.31. The minimum absolute atomic E-state index is 0.771. The van der Waals surface area contributed by atoms with Gasteiger partial charge in [0, 0.05) is 22.3 Å².